The molecule has 0 bridgehead atoms. The second-order valence-electron chi connectivity index (χ2n) is 0.631. The van der Waals surface area contributed by atoms with Gasteiger partial charge >= 0.3 is 0 Å². The zero-order valence-electron chi connectivity index (χ0n) is 3.52. The Bertz CT molecular complexity index is 178. The highest BCUT2D eigenvalue weighted by atomic mass is 14.3. The smallest absolute Gasteiger partial charge is 0.240 e. The molecule has 0 unspecified atom stereocenters. The predicted octanol–water partition coefficient (Wildman–Crippen LogP) is 0.221. The van der Waals surface area contributed by atoms with E-state index in [-0.39, 0.29) is 0 Å². The highest BCUT2D eigenvalue weighted by Gasteiger charge is 1.64. The number of allylic oxidation sites excluding steroid dienone is 1. The second-order valence-corrected chi connectivity index (χ2v) is 0.631. The van der Waals surface area contributed by atoms with Crippen LogP contribution >= 0.6 is 0 Å². The molecule has 0 aromatic heterocycles. The van der Waals surface area contributed by atoms with Crippen molar-refractivity contribution < 1.29 is 0 Å². The predicted molar refractivity (Wildman–Crippen MR) is 28.2 cm³/mol. The Morgan fingerprint density at radius 2 is 2.29 bits per heavy atom. The van der Waals surface area contributed by atoms with Gasteiger partial charge in [-0.2, -0.15) is 0 Å². The number of hydrogen-bond acceptors (Lipinski definition) is 0. The van der Waals surface area contributed by atoms with E-state index < -0.39 is 0 Å². The lowest BCUT2D eigenvalue weighted by atomic mass is 10.6. The van der Waals surface area contributed by atoms with Crippen molar-refractivity contribution in [1.29, 1.82) is 0 Å². The molecule has 1 heteroatoms. The van der Waals surface area contributed by atoms with Crippen molar-refractivity contribution in [1.82, 2.24) is 0 Å². The maximum absolute atomic E-state index is 7.76. The summed E-state index contributed by atoms with van der Waals surface area (Å²) in [5.74, 6) is 7.99. The lowest BCUT2D eigenvalue weighted by Gasteiger charge is -1.42. The van der Waals surface area contributed by atoms with Crippen LogP contribution in [-0.4, -0.2) is 5.87 Å². The summed E-state index contributed by atoms with van der Waals surface area (Å²) in [6.07, 6.45) is 6.75. The van der Waals surface area contributed by atoms with Crippen LogP contribution in [0.3, 0.4) is 0 Å². The molecule has 7 heavy (non-hydrogen) atoms. The van der Waals surface area contributed by atoms with Gasteiger partial charge in [-0.25, -0.2) is 0 Å². The zero-order valence-corrected chi connectivity index (χ0v) is 3.52. The molecule has 0 aromatic rings. The molecule has 0 aliphatic heterocycles. The molecule has 1 nitrogen and oxygen atoms in total. The summed E-state index contributed by atoms with van der Waals surface area (Å²) < 4.78 is 0. The summed E-state index contributed by atoms with van der Waals surface area (Å²) in [4.78, 5) is 0. The first-order valence-corrected chi connectivity index (χ1v) is 1.51. The van der Waals surface area contributed by atoms with Crippen molar-refractivity contribution in [3.63, 3.8) is 0 Å². The van der Waals surface area contributed by atoms with Crippen molar-refractivity contribution in [3.05, 3.63) is 11.5 Å². The van der Waals surface area contributed by atoms with Crippen LogP contribution in [0.2, 0.25) is 0 Å². The average Bonchev–Trinajstić information content (AvgIpc) is 1.69. The Morgan fingerprint density at radius 3 is 2.71 bits per heavy atom. The maximum atomic E-state index is 7.76. The molecule has 0 aliphatic carbocycles. The molecular weight excluding hydrogens is 86.1 g/mol. The van der Waals surface area contributed by atoms with E-state index in [2.05, 4.69) is 17.9 Å². The second kappa shape index (κ2) is 4.48. The quantitative estimate of drug-likeness (QED) is 0.229. The first-order chi connectivity index (χ1) is 3.41. The normalized spacial score (nSPS) is 3.29. The van der Waals surface area contributed by atoms with Gasteiger partial charge in [0.05, 0.1) is 0 Å². The molecule has 0 rings (SSSR count). The molecule has 0 spiro atoms. The van der Waals surface area contributed by atoms with Gasteiger partial charge in [0, 0.05) is 0 Å². The van der Waals surface area contributed by atoms with Crippen molar-refractivity contribution in [2.24, 2.45) is 0 Å². The van der Waals surface area contributed by atoms with Crippen LogP contribution in [-0.2, 0) is 0 Å². The minimum Gasteiger partial charge on any atom is -0.734 e. The minimum atomic E-state index is 1.58. The van der Waals surface area contributed by atoms with Crippen molar-refractivity contribution in [2.75, 3.05) is 0 Å². The first kappa shape index (κ1) is 5.48. The summed E-state index contributed by atoms with van der Waals surface area (Å²) in [6, 6.07) is 0. The highest BCUT2D eigenvalue weighted by molar-refractivity contribution is 5.56. The van der Waals surface area contributed by atoms with Gasteiger partial charge in [-0.1, -0.05) is 12.3 Å². The van der Waals surface area contributed by atoms with E-state index in [0.717, 1.165) is 0 Å². The van der Waals surface area contributed by atoms with Gasteiger partial charge in [-0.05, 0) is 0 Å². The standard InChI is InChI=1S/C6HN/c1-2-3-4-5-6-7/h1H. The fraction of sp³-hybridized carbons (Fsp3) is 0. The molecule has 0 fully saturated rings. The third kappa shape index (κ3) is 4.48. The number of rotatable bonds is 0. The molecule has 30 valence electrons. The third-order valence-electron chi connectivity index (χ3n) is 0.253. The molecule has 0 N–H and O–H groups in total. The largest absolute Gasteiger partial charge is 0.734 e. The van der Waals surface area contributed by atoms with Gasteiger partial charge in [-0.3, -0.25) is 0 Å². The molecule has 0 aromatic carbocycles. The lowest BCUT2D eigenvalue weighted by Crippen LogP contribution is -1.48. The lowest BCUT2D eigenvalue weighted by molar-refractivity contribution is 2.25. The van der Waals surface area contributed by atoms with Crippen LogP contribution in [0.25, 0.3) is 5.41 Å². The van der Waals surface area contributed by atoms with Crippen LogP contribution in [0.15, 0.2) is 0 Å². The van der Waals surface area contributed by atoms with Crippen LogP contribution in [0, 0.1) is 30.3 Å². The van der Waals surface area contributed by atoms with E-state index in [0.29, 0.717) is 0 Å². The number of terminal acetylenes is 1. The maximum Gasteiger partial charge on any atom is 0.240 e. The monoisotopic (exact) mass is 87.0 g/mol. The van der Waals surface area contributed by atoms with Gasteiger partial charge in [0.15, 0.2) is 6.08 Å². The van der Waals surface area contributed by atoms with Crippen molar-refractivity contribution >= 4 is 5.87 Å². The Labute approximate surface area is 42.6 Å². The molecule has 0 heterocycles. The van der Waals surface area contributed by atoms with E-state index in [1.54, 1.807) is 5.87 Å². The Morgan fingerprint density at radius 1 is 1.57 bits per heavy atom. The van der Waals surface area contributed by atoms with Gasteiger partial charge in [0.25, 0.3) is 0 Å². The molecule has 0 saturated heterocycles. The average molecular weight is 87.1 g/mol. The molecule has 0 atom stereocenters. The van der Waals surface area contributed by atoms with Gasteiger partial charge in [0.1, 0.15) is 5.92 Å². The van der Waals surface area contributed by atoms with Crippen molar-refractivity contribution in [3.8, 4) is 24.2 Å². The Balaban J connectivity index is 3.75. The Hall–Kier alpha value is -1.52. The van der Waals surface area contributed by atoms with Gasteiger partial charge < -0.3 is 5.41 Å². The highest BCUT2D eigenvalue weighted by Crippen LogP contribution is 1.48. The Kier molecular flexibility index (Phi) is 3.51. The van der Waals surface area contributed by atoms with E-state index >= 15 is 0 Å². The van der Waals surface area contributed by atoms with E-state index in [1.165, 1.54) is 0 Å². The summed E-state index contributed by atoms with van der Waals surface area (Å²) in [6.45, 7) is 0. The fourth-order valence-corrected chi connectivity index (χ4v) is 0.0953. The van der Waals surface area contributed by atoms with Crippen LogP contribution in [0.1, 0.15) is 0 Å². The first-order valence-electron chi connectivity index (χ1n) is 1.51. The minimum absolute atomic E-state index is 1.58. The summed E-state index contributed by atoms with van der Waals surface area (Å²) in [7, 11) is 0. The van der Waals surface area contributed by atoms with E-state index in [1.807, 2.05) is 5.92 Å². The summed E-state index contributed by atoms with van der Waals surface area (Å²) in [5.41, 5.74) is 0. The molecule has 0 amide bonds. The van der Waals surface area contributed by atoms with Crippen LogP contribution < -0.4 is 0 Å². The third-order valence-corrected chi connectivity index (χ3v) is 0.253. The van der Waals surface area contributed by atoms with E-state index in [4.69, 9.17) is 11.8 Å². The molecular formula is C6HN. The fourth-order valence-electron chi connectivity index (χ4n) is 0.0953. The number of hydrogen-bond donors (Lipinski definition) is 0. The molecule has 0 saturated carbocycles. The van der Waals surface area contributed by atoms with Crippen LogP contribution in [0.4, 0.5) is 0 Å². The molecule has 0 radical (unpaired) electrons. The summed E-state index contributed by atoms with van der Waals surface area (Å²) in [5, 5.41) is 7.76. The topological polar surface area (TPSA) is 22.3 Å². The SMILES string of the molecule is C#CC#C[C+]=C=[N-]. The zero-order chi connectivity index (χ0) is 5.54. The van der Waals surface area contributed by atoms with Crippen LogP contribution in [0.5, 0.6) is 0 Å². The molecule has 0 aliphatic rings. The summed E-state index contributed by atoms with van der Waals surface area (Å²) >= 11 is 0. The van der Waals surface area contributed by atoms with Crippen molar-refractivity contribution in [2.45, 2.75) is 0 Å². The number of nitrogens with zero attached hydrogens (tertiary/aromatic N) is 1. The van der Waals surface area contributed by atoms with E-state index in [9.17, 15) is 0 Å². The van der Waals surface area contributed by atoms with Gasteiger partial charge in [0.2, 0.25) is 11.8 Å². The van der Waals surface area contributed by atoms with Gasteiger partial charge in [-0.15, -0.1) is 0 Å².